The molecule has 0 rings (SSSR count). The lowest BCUT2D eigenvalue weighted by Crippen LogP contribution is -2.36. The van der Waals surface area contributed by atoms with E-state index in [2.05, 4.69) is 0 Å². The highest BCUT2D eigenvalue weighted by molar-refractivity contribution is 6.00. The van der Waals surface area contributed by atoms with E-state index in [1.807, 2.05) is 13.8 Å². The summed E-state index contributed by atoms with van der Waals surface area (Å²) in [6, 6.07) is 0. The summed E-state index contributed by atoms with van der Waals surface area (Å²) in [5.41, 5.74) is -1.34. The van der Waals surface area contributed by atoms with Gasteiger partial charge in [0.15, 0.2) is 5.78 Å². The van der Waals surface area contributed by atoms with Crippen molar-refractivity contribution in [2.75, 3.05) is 13.7 Å². The third-order valence-electron chi connectivity index (χ3n) is 2.69. The molecule has 0 fully saturated rings. The highest BCUT2D eigenvalue weighted by Crippen LogP contribution is 2.17. The number of ketones is 1. The predicted molar refractivity (Wildman–Crippen MR) is 67.5 cm³/mol. The molecule has 0 unspecified atom stereocenters. The Morgan fingerprint density at radius 1 is 1.17 bits per heavy atom. The van der Waals surface area contributed by atoms with Crippen LogP contribution in [0.15, 0.2) is 12.2 Å². The zero-order valence-corrected chi connectivity index (χ0v) is 11.6. The third kappa shape index (κ3) is 6.51. The maximum absolute atomic E-state index is 11.7. The van der Waals surface area contributed by atoms with Crippen LogP contribution in [-0.2, 0) is 19.1 Å². The van der Waals surface area contributed by atoms with Crippen molar-refractivity contribution in [2.45, 2.75) is 45.3 Å². The molecule has 0 atom stereocenters. The molecule has 0 radical (unpaired) electrons. The van der Waals surface area contributed by atoms with Crippen LogP contribution >= 0.6 is 0 Å². The van der Waals surface area contributed by atoms with Gasteiger partial charge < -0.3 is 14.6 Å². The molecular formula is C13H22O5. The van der Waals surface area contributed by atoms with Crippen LogP contribution in [0.1, 0.15) is 34.1 Å². The monoisotopic (exact) mass is 258 g/mol. The number of hydrogen-bond acceptors (Lipinski definition) is 4. The smallest absolute Gasteiger partial charge is 0.328 e. The SMILES string of the molecule is COC(C)(C)CCOC(C)(C)C(=O)/C=C/C(=O)O. The lowest BCUT2D eigenvalue weighted by atomic mass is 10.0. The van der Waals surface area contributed by atoms with Gasteiger partial charge in [-0.15, -0.1) is 0 Å². The van der Waals surface area contributed by atoms with Gasteiger partial charge in [0.2, 0.25) is 0 Å². The second-order valence-electron chi connectivity index (χ2n) is 5.11. The van der Waals surface area contributed by atoms with Crippen LogP contribution in [0.25, 0.3) is 0 Å². The number of carboxylic acids is 1. The van der Waals surface area contributed by atoms with Gasteiger partial charge in [0, 0.05) is 13.2 Å². The van der Waals surface area contributed by atoms with E-state index < -0.39 is 11.6 Å². The van der Waals surface area contributed by atoms with E-state index >= 15 is 0 Å². The highest BCUT2D eigenvalue weighted by atomic mass is 16.5. The van der Waals surface area contributed by atoms with Crippen molar-refractivity contribution in [3.05, 3.63) is 12.2 Å². The summed E-state index contributed by atoms with van der Waals surface area (Å²) in [5.74, 6) is -1.53. The van der Waals surface area contributed by atoms with Crippen molar-refractivity contribution >= 4 is 11.8 Å². The Morgan fingerprint density at radius 3 is 2.17 bits per heavy atom. The van der Waals surface area contributed by atoms with E-state index in [4.69, 9.17) is 14.6 Å². The van der Waals surface area contributed by atoms with Crippen LogP contribution in [-0.4, -0.2) is 41.8 Å². The third-order valence-corrected chi connectivity index (χ3v) is 2.69. The molecule has 0 spiro atoms. The summed E-state index contributed by atoms with van der Waals surface area (Å²) in [6.07, 6.45) is 2.47. The van der Waals surface area contributed by atoms with E-state index in [9.17, 15) is 9.59 Å². The van der Waals surface area contributed by atoms with Crippen LogP contribution in [0.5, 0.6) is 0 Å². The molecule has 0 amide bonds. The zero-order valence-electron chi connectivity index (χ0n) is 11.6. The molecule has 0 bridgehead atoms. The lowest BCUT2D eigenvalue weighted by Gasteiger charge is -2.27. The lowest BCUT2D eigenvalue weighted by molar-refractivity contribution is -0.138. The summed E-state index contributed by atoms with van der Waals surface area (Å²) in [6.45, 7) is 7.44. The van der Waals surface area contributed by atoms with Crippen molar-refractivity contribution < 1.29 is 24.2 Å². The number of ether oxygens (including phenoxy) is 2. The van der Waals surface area contributed by atoms with Crippen LogP contribution in [0.4, 0.5) is 0 Å². The normalized spacial score (nSPS) is 12.9. The Hall–Kier alpha value is -1.20. The summed E-state index contributed by atoms with van der Waals surface area (Å²) >= 11 is 0. The number of methoxy groups -OCH3 is 1. The largest absolute Gasteiger partial charge is 0.478 e. The molecule has 0 saturated heterocycles. The minimum absolute atomic E-state index is 0.309. The molecule has 0 aliphatic rings. The Morgan fingerprint density at radius 2 is 1.72 bits per heavy atom. The molecule has 1 N–H and O–H groups in total. The number of carbonyl (C=O) groups is 2. The Labute approximate surface area is 108 Å². The number of hydrogen-bond donors (Lipinski definition) is 1. The van der Waals surface area contributed by atoms with Gasteiger partial charge in [0.05, 0.1) is 12.2 Å². The average molecular weight is 258 g/mol. The van der Waals surface area contributed by atoms with Crippen LogP contribution in [0, 0.1) is 0 Å². The quantitative estimate of drug-likeness (QED) is 0.672. The molecule has 0 aromatic carbocycles. The topological polar surface area (TPSA) is 72.8 Å². The number of rotatable bonds is 8. The zero-order chi connectivity index (χ0) is 14.4. The number of aliphatic carboxylic acids is 1. The fourth-order valence-electron chi connectivity index (χ4n) is 1.07. The minimum Gasteiger partial charge on any atom is -0.478 e. The van der Waals surface area contributed by atoms with E-state index in [1.54, 1.807) is 21.0 Å². The Bertz CT molecular complexity index is 328. The maximum atomic E-state index is 11.7. The maximum Gasteiger partial charge on any atom is 0.328 e. The molecule has 0 aliphatic heterocycles. The number of carbonyl (C=O) groups excluding carboxylic acids is 1. The Kier molecular flexibility index (Phi) is 6.21. The van der Waals surface area contributed by atoms with Gasteiger partial charge in [0.25, 0.3) is 0 Å². The second kappa shape index (κ2) is 6.66. The first-order valence-electron chi connectivity index (χ1n) is 5.75. The predicted octanol–water partition coefficient (Wildman–Crippen LogP) is 1.81. The van der Waals surface area contributed by atoms with Gasteiger partial charge >= 0.3 is 5.97 Å². The van der Waals surface area contributed by atoms with Gasteiger partial charge in [-0.25, -0.2) is 4.79 Å². The van der Waals surface area contributed by atoms with E-state index in [0.29, 0.717) is 13.0 Å². The van der Waals surface area contributed by atoms with E-state index in [0.717, 1.165) is 12.2 Å². The van der Waals surface area contributed by atoms with Crippen LogP contribution < -0.4 is 0 Å². The van der Waals surface area contributed by atoms with Gasteiger partial charge in [-0.2, -0.15) is 0 Å². The molecular weight excluding hydrogens is 236 g/mol. The van der Waals surface area contributed by atoms with Crippen LogP contribution in [0.2, 0.25) is 0 Å². The highest BCUT2D eigenvalue weighted by Gasteiger charge is 2.27. The fourth-order valence-corrected chi connectivity index (χ4v) is 1.07. The van der Waals surface area contributed by atoms with Crippen molar-refractivity contribution in [1.82, 2.24) is 0 Å². The van der Waals surface area contributed by atoms with E-state index in [1.165, 1.54) is 0 Å². The average Bonchev–Trinajstić information content (AvgIpc) is 2.25. The molecule has 5 nitrogen and oxygen atoms in total. The summed E-state index contributed by atoms with van der Waals surface area (Å²) in [4.78, 5) is 22.0. The van der Waals surface area contributed by atoms with Crippen LogP contribution in [0.3, 0.4) is 0 Å². The minimum atomic E-state index is -1.15. The summed E-state index contributed by atoms with van der Waals surface area (Å²) in [7, 11) is 1.62. The molecule has 18 heavy (non-hydrogen) atoms. The van der Waals surface area contributed by atoms with Gasteiger partial charge in [-0.05, 0) is 40.2 Å². The number of carboxylic acid groups (broad SMARTS) is 1. The van der Waals surface area contributed by atoms with Crippen molar-refractivity contribution in [2.24, 2.45) is 0 Å². The summed E-state index contributed by atoms with van der Waals surface area (Å²) < 4.78 is 10.7. The molecule has 0 aromatic heterocycles. The molecule has 0 heterocycles. The van der Waals surface area contributed by atoms with Gasteiger partial charge in [-0.1, -0.05) is 0 Å². The Balaban J connectivity index is 4.31. The molecule has 5 heteroatoms. The molecule has 104 valence electrons. The molecule has 0 aromatic rings. The first-order valence-corrected chi connectivity index (χ1v) is 5.75. The first-order chi connectivity index (χ1) is 8.10. The van der Waals surface area contributed by atoms with Crippen molar-refractivity contribution in [1.29, 1.82) is 0 Å². The molecule has 0 saturated carbocycles. The first kappa shape index (κ1) is 16.8. The second-order valence-corrected chi connectivity index (χ2v) is 5.11. The summed E-state index contributed by atoms with van der Waals surface area (Å²) in [5, 5.41) is 8.45. The van der Waals surface area contributed by atoms with E-state index in [-0.39, 0.29) is 11.4 Å². The standard InChI is InChI=1S/C13H22O5/c1-12(2,17-5)8-9-18-13(3,4)10(14)6-7-11(15)16/h6-7H,8-9H2,1-5H3,(H,15,16)/b7-6+. The van der Waals surface area contributed by atoms with Gasteiger partial charge in [-0.3, -0.25) is 4.79 Å². The fraction of sp³-hybridized carbons (Fsp3) is 0.692. The molecule has 0 aliphatic carbocycles. The van der Waals surface area contributed by atoms with Gasteiger partial charge in [0.1, 0.15) is 5.60 Å². The van der Waals surface area contributed by atoms with Crippen molar-refractivity contribution in [3.8, 4) is 0 Å². The van der Waals surface area contributed by atoms with Crippen molar-refractivity contribution in [3.63, 3.8) is 0 Å².